The fourth-order valence-corrected chi connectivity index (χ4v) is 2.89. The second-order valence-corrected chi connectivity index (χ2v) is 6.57. The van der Waals surface area contributed by atoms with Gasteiger partial charge in [0.1, 0.15) is 11.4 Å². The first-order valence-corrected chi connectivity index (χ1v) is 8.79. The average Bonchev–Trinajstić information content (AvgIpc) is 2.54. The number of ether oxygens (including phenoxy) is 1. The van der Waals surface area contributed by atoms with Gasteiger partial charge >= 0.3 is 0 Å². The monoisotopic (exact) mass is 325 g/mol. The molecule has 0 bridgehead atoms. The Morgan fingerprint density at radius 3 is 2.54 bits per heavy atom. The van der Waals surface area contributed by atoms with Gasteiger partial charge in [-0.25, -0.2) is 0 Å². The van der Waals surface area contributed by atoms with Crippen LogP contribution in [0.15, 0.2) is 41.6 Å². The summed E-state index contributed by atoms with van der Waals surface area (Å²) in [5.41, 5.74) is 4.49. The minimum atomic E-state index is 0.0407. The molecule has 0 aliphatic rings. The molecule has 0 N–H and O–H groups in total. The Kier molecular flexibility index (Phi) is 6.53. The van der Waals surface area contributed by atoms with Gasteiger partial charge in [0.25, 0.3) is 0 Å². The molecule has 0 radical (unpaired) electrons. The lowest BCUT2D eigenvalue weighted by atomic mass is 9.97. The lowest BCUT2D eigenvalue weighted by molar-refractivity contribution is 0.243. The molecule has 0 saturated heterocycles. The molecule has 0 aliphatic carbocycles. The Bertz CT molecular complexity index is 692. The Labute approximate surface area is 145 Å². The molecule has 2 rings (SSSR count). The SMILES string of the molecule is CCCCCc1cc(N=O)c(-c2cccc(C)c2)c(OC(C)C)c1. The van der Waals surface area contributed by atoms with Gasteiger partial charge in [0.15, 0.2) is 0 Å². The van der Waals surface area contributed by atoms with Gasteiger partial charge in [-0.05, 0) is 62.0 Å². The molecule has 0 aliphatic heterocycles. The predicted octanol–water partition coefficient (Wildman–Crippen LogP) is 6.58. The van der Waals surface area contributed by atoms with Crippen LogP contribution in [0.25, 0.3) is 11.1 Å². The van der Waals surface area contributed by atoms with Crippen LogP contribution in [0.2, 0.25) is 0 Å². The zero-order valence-corrected chi connectivity index (χ0v) is 15.1. The maximum Gasteiger partial charge on any atom is 0.130 e. The van der Waals surface area contributed by atoms with Gasteiger partial charge < -0.3 is 4.74 Å². The Hall–Kier alpha value is -2.16. The third-order valence-corrected chi connectivity index (χ3v) is 3.98. The molecule has 0 unspecified atom stereocenters. The van der Waals surface area contributed by atoms with Crippen molar-refractivity contribution in [3.8, 4) is 16.9 Å². The minimum Gasteiger partial charge on any atom is -0.490 e. The Balaban J connectivity index is 2.52. The first kappa shape index (κ1) is 18.2. The summed E-state index contributed by atoms with van der Waals surface area (Å²) in [7, 11) is 0. The summed E-state index contributed by atoms with van der Waals surface area (Å²) in [4.78, 5) is 11.5. The van der Waals surface area contributed by atoms with E-state index in [1.54, 1.807) is 0 Å². The smallest absolute Gasteiger partial charge is 0.130 e. The number of nitrogens with zero attached hydrogens (tertiary/aromatic N) is 1. The second-order valence-electron chi connectivity index (χ2n) is 6.57. The molecule has 2 aromatic carbocycles. The van der Waals surface area contributed by atoms with Crippen molar-refractivity contribution in [2.75, 3.05) is 0 Å². The molecule has 0 aromatic heterocycles. The average molecular weight is 325 g/mol. The van der Waals surface area contributed by atoms with Crippen LogP contribution in [0.1, 0.15) is 51.2 Å². The summed E-state index contributed by atoms with van der Waals surface area (Å²) < 4.78 is 6.03. The van der Waals surface area contributed by atoms with Crippen LogP contribution >= 0.6 is 0 Å². The van der Waals surface area contributed by atoms with Gasteiger partial charge in [-0.2, -0.15) is 0 Å². The fourth-order valence-electron chi connectivity index (χ4n) is 2.89. The maximum absolute atomic E-state index is 11.5. The molecule has 2 aromatic rings. The third kappa shape index (κ3) is 4.67. The first-order valence-electron chi connectivity index (χ1n) is 8.79. The quantitative estimate of drug-likeness (QED) is 0.406. The van der Waals surface area contributed by atoms with E-state index in [9.17, 15) is 4.91 Å². The van der Waals surface area contributed by atoms with Crippen molar-refractivity contribution in [3.63, 3.8) is 0 Å². The van der Waals surface area contributed by atoms with E-state index >= 15 is 0 Å². The molecule has 0 saturated carbocycles. The summed E-state index contributed by atoms with van der Waals surface area (Å²) in [5.74, 6) is 0.749. The second kappa shape index (κ2) is 8.62. The highest BCUT2D eigenvalue weighted by Crippen LogP contribution is 2.40. The van der Waals surface area contributed by atoms with Crippen molar-refractivity contribution < 1.29 is 4.74 Å². The minimum absolute atomic E-state index is 0.0407. The maximum atomic E-state index is 11.5. The molecule has 0 fully saturated rings. The van der Waals surface area contributed by atoms with E-state index in [0.29, 0.717) is 5.69 Å². The van der Waals surface area contributed by atoms with Crippen molar-refractivity contribution in [2.45, 2.75) is 59.5 Å². The van der Waals surface area contributed by atoms with Crippen LogP contribution in [-0.4, -0.2) is 6.10 Å². The van der Waals surface area contributed by atoms with E-state index in [1.807, 2.05) is 45.0 Å². The molecule has 3 nitrogen and oxygen atoms in total. The van der Waals surface area contributed by atoms with Crippen molar-refractivity contribution in [2.24, 2.45) is 5.18 Å². The van der Waals surface area contributed by atoms with Gasteiger partial charge in [-0.15, -0.1) is 4.91 Å². The zero-order chi connectivity index (χ0) is 17.5. The highest BCUT2D eigenvalue weighted by atomic mass is 16.5. The molecule has 0 atom stereocenters. The van der Waals surface area contributed by atoms with E-state index in [-0.39, 0.29) is 6.10 Å². The number of benzene rings is 2. The normalized spacial score (nSPS) is 10.9. The summed E-state index contributed by atoms with van der Waals surface area (Å²) in [6, 6.07) is 12.1. The molecule has 24 heavy (non-hydrogen) atoms. The number of hydrogen-bond donors (Lipinski definition) is 0. The van der Waals surface area contributed by atoms with E-state index < -0.39 is 0 Å². The zero-order valence-electron chi connectivity index (χ0n) is 15.1. The number of aryl methyl sites for hydroxylation is 2. The Morgan fingerprint density at radius 1 is 1.12 bits per heavy atom. The molecule has 3 heteroatoms. The molecular formula is C21H27NO2. The number of rotatable bonds is 8. The van der Waals surface area contributed by atoms with Crippen LogP contribution in [0.3, 0.4) is 0 Å². The van der Waals surface area contributed by atoms with E-state index in [2.05, 4.69) is 24.2 Å². The highest BCUT2D eigenvalue weighted by Gasteiger charge is 2.16. The van der Waals surface area contributed by atoms with Crippen molar-refractivity contribution in [3.05, 3.63) is 52.4 Å². The molecule has 0 amide bonds. The van der Waals surface area contributed by atoms with Crippen molar-refractivity contribution >= 4 is 5.69 Å². The number of unbranched alkanes of at least 4 members (excludes halogenated alkanes) is 2. The highest BCUT2D eigenvalue weighted by molar-refractivity contribution is 5.82. The van der Waals surface area contributed by atoms with Crippen LogP contribution in [-0.2, 0) is 6.42 Å². The lowest BCUT2D eigenvalue weighted by Gasteiger charge is -2.17. The first-order chi connectivity index (χ1) is 11.5. The third-order valence-electron chi connectivity index (χ3n) is 3.98. The molecule has 0 spiro atoms. The lowest BCUT2D eigenvalue weighted by Crippen LogP contribution is -2.07. The van der Waals surface area contributed by atoms with Crippen LogP contribution in [0, 0.1) is 11.8 Å². The van der Waals surface area contributed by atoms with E-state index in [0.717, 1.165) is 40.8 Å². The van der Waals surface area contributed by atoms with Crippen LogP contribution in [0.4, 0.5) is 5.69 Å². The standard InChI is InChI=1S/C21H27NO2/c1-5-6-7-10-17-13-19(22-23)21(20(14-17)24-15(2)3)18-11-8-9-16(4)12-18/h8-9,11-15H,5-7,10H2,1-4H3. The summed E-state index contributed by atoms with van der Waals surface area (Å²) >= 11 is 0. The largest absolute Gasteiger partial charge is 0.490 e. The molecule has 128 valence electrons. The number of hydrogen-bond acceptors (Lipinski definition) is 3. The van der Waals surface area contributed by atoms with Crippen molar-refractivity contribution in [1.82, 2.24) is 0 Å². The van der Waals surface area contributed by atoms with Gasteiger partial charge in [0.05, 0.1) is 11.7 Å². The van der Waals surface area contributed by atoms with E-state index in [4.69, 9.17) is 4.74 Å². The van der Waals surface area contributed by atoms with Crippen LogP contribution in [0.5, 0.6) is 5.75 Å². The van der Waals surface area contributed by atoms with Gasteiger partial charge in [-0.3, -0.25) is 0 Å². The summed E-state index contributed by atoms with van der Waals surface area (Å²) in [5, 5.41) is 3.30. The predicted molar refractivity (Wildman–Crippen MR) is 101 cm³/mol. The Morgan fingerprint density at radius 2 is 1.92 bits per heavy atom. The van der Waals surface area contributed by atoms with E-state index in [1.165, 1.54) is 12.8 Å². The van der Waals surface area contributed by atoms with Crippen LogP contribution < -0.4 is 4.74 Å². The molecular weight excluding hydrogens is 298 g/mol. The van der Waals surface area contributed by atoms with Gasteiger partial charge in [-0.1, -0.05) is 49.6 Å². The van der Waals surface area contributed by atoms with Crippen molar-refractivity contribution in [1.29, 1.82) is 0 Å². The fraction of sp³-hybridized carbons (Fsp3) is 0.429. The van der Waals surface area contributed by atoms with Gasteiger partial charge in [0, 0.05) is 0 Å². The van der Waals surface area contributed by atoms with Gasteiger partial charge in [0.2, 0.25) is 0 Å². The topological polar surface area (TPSA) is 38.7 Å². The summed E-state index contributed by atoms with van der Waals surface area (Å²) in [6.07, 6.45) is 4.46. The number of nitroso groups, excluding NO2 is 1. The summed E-state index contributed by atoms with van der Waals surface area (Å²) in [6.45, 7) is 8.22. The molecule has 0 heterocycles.